The van der Waals surface area contributed by atoms with Gasteiger partial charge in [0.05, 0.1) is 0 Å². The Morgan fingerprint density at radius 3 is 2.50 bits per heavy atom. The van der Waals surface area contributed by atoms with Crippen molar-refractivity contribution < 1.29 is 5.11 Å². The number of hydrogen-bond acceptors (Lipinski definition) is 1. The highest BCUT2D eigenvalue weighted by molar-refractivity contribution is 5.45. The summed E-state index contributed by atoms with van der Waals surface area (Å²) in [5.74, 6) is 2.38. The maximum Gasteiger partial charge on any atom is 0.118 e. The quantitative estimate of drug-likeness (QED) is 0.743. The molecule has 88 valence electrons. The van der Waals surface area contributed by atoms with E-state index < -0.39 is 0 Å². The van der Waals surface area contributed by atoms with Crippen molar-refractivity contribution in [2.45, 2.75) is 52.4 Å². The van der Waals surface area contributed by atoms with Gasteiger partial charge in [-0.25, -0.2) is 0 Å². The van der Waals surface area contributed by atoms with Crippen LogP contribution >= 0.6 is 0 Å². The third-order valence-electron chi connectivity index (χ3n) is 4.05. The number of aryl methyl sites for hydroxylation is 1. The number of benzene rings is 1. The zero-order chi connectivity index (χ0) is 11.9. The summed E-state index contributed by atoms with van der Waals surface area (Å²) in [6, 6.07) is 4.19. The normalized spacial score (nSPS) is 24.6. The summed E-state index contributed by atoms with van der Waals surface area (Å²) in [5.41, 5.74) is 3.85. The molecule has 0 saturated carbocycles. The number of fused-ring (bicyclic) bond motifs is 1. The lowest BCUT2D eigenvalue weighted by atomic mass is 9.72. The van der Waals surface area contributed by atoms with Crippen molar-refractivity contribution in [3.8, 4) is 5.75 Å². The van der Waals surface area contributed by atoms with Gasteiger partial charge in [0.15, 0.2) is 0 Å². The third-order valence-corrected chi connectivity index (χ3v) is 4.05. The first-order valence-corrected chi connectivity index (χ1v) is 6.34. The fourth-order valence-corrected chi connectivity index (χ4v) is 2.92. The van der Waals surface area contributed by atoms with Gasteiger partial charge in [0.1, 0.15) is 5.75 Å². The van der Waals surface area contributed by atoms with E-state index in [-0.39, 0.29) is 0 Å². The van der Waals surface area contributed by atoms with Crippen molar-refractivity contribution in [2.24, 2.45) is 5.92 Å². The summed E-state index contributed by atoms with van der Waals surface area (Å²) < 4.78 is 0. The molecule has 0 heterocycles. The van der Waals surface area contributed by atoms with E-state index in [1.54, 1.807) is 0 Å². The molecule has 0 radical (unpaired) electrons. The number of aromatic hydroxyl groups is 1. The molecule has 1 N–H and O–H groups in total. The van der Waals surface area contributed by atoms with Gasteiger partial charge in [0.2, 0.25) is 0 Å². The smallest absolute Gasteiger partial charge is 0.118 e. The second-order valence-electron chi connectivity index (χ2n) is 5.60. The Hall–Kier alpha value is -0.980. The van der Waals surface area contributed by atoms with Crippen LogP contribution in [0.25, 0.3) is 0 Å². The lowest BCUT2D eigenvalue weighted by Crippen LogP contribution is -2.17. The molecule has 1 aliphatic rings. The van der Waals surface area contributed by atoms with E-state index in [0.29, 0.717) is 23.5 Å². The summed E-state index contributed by atoms with van der Waals surface area (Å²) >= 11 is 0. The van der Waals surface area contributed by atoms with Crippen LogP contribution in [0, 0.1) is 12.8 Å². The third kappa shape index (κ3) is 1.83. The molecule has 2 atom stereocenters. The van der Waals surface area contributed by atoms with Crippen molar-refractivity contribution >= 4 is 0 Å². The molecule has 1 nitrogen and oxygen atoms in total. The van der Waals surface area contributed by atoms with Crippen molar-refractivity contribution in [1.29, 1.82) is 0 Å². The lowest BCUT2D eigenvalue weighted by Gasteiger charge is -2.32. The second kappa shape index (κ2) is 4.12. The predicted octanol–water partition coefficient (Wildman–Crippen LogP) is 4.34. The summed E-state index contributed by atoms with van der Waals surface area (Å²) in [5, 5.41) is 9.86. The Labute approximate surface area is 98.5 Å². The van der Waals surface area contributed by atoms with Crippen LogP contribution in [-0.4, -0.2) is 5.11 Å². The van der Waals surface area contributed by atoms with Gasteiger partial charge in [-0.3, -0.25) is 0 Å². The Balaban J connectivity index is 2.52. The molecule has 1 aliphatic carbocycles. The summed E-state index contributed by atoms with van der Waals surface area (Å²) in [6.07, 6.45) is 2.54. The highest BCUT2D eigenvalue weighted by Gasteiger charge is 2.27. The highest BCUT2D eigenvalue weighted by atomic mass is 16.3. The topological polar surface area (TPSA) is 20.2 Å². The van der Waals surface area contributed by atoms with E-state index in [1.807, 2.05) is 13.0 Å². The molecule has 0 aromatic heterocycles. The largest absolute Gasteiger partial charge is 0.508 e. The van der Waals surface area contributed by atoms with Crippen LogP contribution in [0.4, 0.5) is 0 Å². The fraction of sp³-hybridized carbons (Fsp3) is 0.600. The number of phenols is 1. The van der Waals surface area contributed by atoms with Gasteiger partial charge in [-0.2, -0.15) is 0 Å². The van der Waals surface area contributed by atoms with Crippen molar-refractivity contribution in [3.63, 3.8) is 0 Å². The Morgan fingerprint density at radius 2 is 1.88 bits per heavy atom. The molecule has 0 amide bonds. The van der Waals surface area contributed by atoms with Gasteiger partial charge >= 0.3 is 0 Å². The summed E-state index contributed by atoms with van der Waals surface area (Å²) in [4.78, 5) is 0. The van der Waals surface area contributed by atoms with Gasteiger partial charge in [-0.15, -0.1) is 0 Å². The SMILES string of the molecule is Cc1cc2c(cc1O)[C@@H](C(C)C)CC[C@@H]2C. The van der Waals surface area contributed by atoms with Gasteiger partial charge in [-0.05, 0) is 60.3 Å². The molecule has 0 fully saturated rings. The molecule has 0 unspecified atom stereocenters. The van der Waals surface area contributed by atoms with Crippen molar-refractivity contribution in [1.82, 2.24) is 0 Å². The maximum absolute atomic E-state index is 9.86. The summed E-state index contributed by atoms with van der Waals surface area (Å²) in [7, 11) is 0. The van der Waals surface area contributed by atoms with E-state index >= 15 is 0 Å². The molecular formula is C15H22O. The lowest BCUT2D eigenvalue weighted by molar-refractivity contribution is 0.404. The van der Waals surface area contributed by atoms with Gasteiger partial charge in [0, 0.05) is 0 Å². The Bertz CT molecular complexity index is 393. The number of rotatable bonds is 1. The molecule has 1 aromatic carbocycles. The molecule has 0 aliphatic heterocycles. The average molecular weight is 218 g/mol. The van der Waals surface area contributed by atoms with E-state index in [9.17, 15) is 5.11 Å². The zero-order valence-corrected chi connectivity index (χ0v) is 10.7. The molecule has 16 heavy (non-hydrogen) atoms. The van der Waals surface area contributed by atoms with Gasteiger partial charge < -0.3 is 5.11 Å². The molecule has 0 bridgehead atoms. The minimum atomic E-state index is 0.457. The molecule has 0 saturated heterocycles. The van der Waals surface area contributed by atoms with Crippen LogP contribution in [0.15, 0.2) is 12.1 Å². The molecule has 1 heteroatoms. The van der Waals surface area contributed by atoms with Gasteiger partial charge in [-0.1, -0.05) is 26.8 Å². The molecule has 2 rings (SSSR count). The van der Waals surface area contributed by atoms with E-state index in [2.05, 4.69) is 26.8 Å². The monoisotopic (exact) mass is 218 g/mol. The standard InChI is InChI=1S/C15H22O/c1-9(2)12-6-5-10(3)13-7-11(4)15(16)8-14(12)13/h7-10,12,16H,5-6H2,1-4H3/t10-,12+/m0/s1. The van der Waals surface area contributed by atoms with Crippen LogP contribution in [-0.2, 0) is 0 Å². The second-order valence-corrected chi connectivity index (χ2v) is 5.60. The van der Waals surface area contributed by atoms with Crippen LogP contribution in [0.2, 0.25) is 0 Å². The van der Waals surface area contributed by atoms with E-state index in [1.165, 1.54) is 24.0 Å². The van der Waals surface area contributed by atoms with Crippen molar-refractivity contribution in [3.05, 3.63) is 28.8 Å². The minimum Gasteiger partial charge on any atom is -0.508 e. The first-order valence-electron chi connectivity index (χ1n) is 6.34. The van der Waals surface area contributed by atoms with Crippen LogP contribution in [0.3, 0.4) is 0 Å². The summed E-state index contributed by atoms with van der Waals surface area (Å²) in [6.45, 7) is 8.84. The van der Waals surface area contributed by atoms with Crippen molar-refractivity contribution in [2.75, 3.05) is 0 Å². The molecule has 1 aromatic rings. The highest BCUT2D eigenvalue weighted by Crippen LogP contribution is 2.44. The van der Waals surface area contributed by atoms with Crippen LogP contribution < -0.4 is 0 Å². The average Bonchev–Trinajstić information content (AvgIpc) is 2.21. The molecular weight excluding hydrogens is 196 g/mol. The van der Waals surface area contributed by atoms with E-state index in [4.69, 9.17) is 0 Å². The number of phenolic OH excluding ortho intramolecular Hbond substituents is 1. The Kier molecular flexibility index (Phi) is 2.96. The minimum absolute atomic E-state index is 0.457. The Morgan fingerprint density at radius 1 is 1.19 bits per heavy atom. The fourth-order valence-electron chi connectivity index (χ4n) is 2.92. The first-order chi connectivity index (χ1) is 7.50. The maximum atomic E-state index is 9.86. The first kappa shape index (κ1) is 11.5. The predicted molar refractivity (Wildman–Crippen MR) is 68.1 cm³/mol. The van der Waals surface area contributed by atoms with Crippen LogP contribution in [0.5, 0.6) is 5.75 Å². The molecule has 0 spiro atoms. The van der Waals surface area contributed by atoms with Gasteiger partial charge in [0.25, 0.3) is 0 Å². The number of hydrogen-bond donors (Lipinski definition) is 1. The van der Waals surface area contributed by atoms with Crippen LogP contribution in [0.1, 0.15) is 62.1 Å². The zero-order valence-electron chi connectivity index (χ0n) is 10.7. The van der Waals surface area contributed by atoms with E-state index in [0.717, 1.165) is 5.56 Å².